The highest BCUT2D eigenvalue weighted by molar-refractivity contribution is 7.08. The first-order valence-electron chi connectivity index (χ1n) is 5.56. The number of aromatic amines is 1. The van der Waals surface area contributed by atoms with Gasteiger partial charge in [-0.1, -0.05) is 0 Å². The van der Waals surface area contributed by atoms with Crippen LogP contribution in [0.5, 0.6) is 0 Å². The number of H-pyrrole nitrogens is 1. The summed E-state index contributed by atoms with van der Waals surface area (Å²) in [7, 11) is 0. The SMILES string of the molecule is O=C(Cc1cc2cccnc2[nH]1)Nc1ccsc1. The van der Waals surface area contributed by atoms with E-state index in [9.17, 15) is 4.79 Å². The van der Waals surface area contributed by atoms with E-state index in [0.29, 0.717) is 6.42 Å². The molecule has 0 unspecified atom stereocenters. The third kappa shape index (κ3) is 2.26. The van der Waals surface area contributed by atoms with Crippen molar-refractivity contribution >= 4 is 34.0 Å². The van der Waals surface area contributed by atoms with Gasteiger partial charge < -0.3 is 10.3 Å². The van der Waals surface area contributed by atoms with Crippen LogP contribution in [0.15, 0.2) is 41.2 Å². The first-order chi connectivity index (χ1) is 8.81. The number of aromatic nitrogens is 2. The maximum absolute atomic E-state index is 11.8. The summed E-state index contributed by atoms with van der Waals surface area (Å²) >= 11 is 1.56. The molecule has 0 saturated heterocycles. The second-order valence-corrected chi connectivity index (χ2v) is 4.75. The van der Waals surface area contributed by atoms with E-state index in [1.165, 1.54) is 0 Å². The standard InChI is InChI=1S/C13H11N3OS/c17-12(15-10-3-5-18-8-10)7-11-6-9-2-1-4-14-13(9)16-11/h1-6,8H,7H2,(H,14,16)(H,15,17). The predicted octanol–water partition coefficient (Wildman–Crippen LogP) is 2.81. The number of thiophene rings is 1. The summed E-state index contributed by atoms with van der Waals surface area (Å²) in [4.78, 5) is 19.1. The fourth-order valence-electron chi connectivity index (χ4n) is 1.82. The highest BCUT2D eigenvalue weighted by Gasteiger charge is 2.07. The Hall–Kier alpha value is -2.14. The predicted molar refractivity (Wildman–Crippen MR) is 72.7 cm³/mol. The van der Waals surface area contributed by atoms with E-state index in [1.54, 1.807) is 17.5 Å². The molecule has 0 fully saturated rings. The molecule has 3 aromatic heterocycles. The van der Waals surface area contributed by atoms with Gasteiger partial charge in [-0.2, -0.15) is 11.3 Å². The van der Waals surface area contributed by atoms with Gasteiger partial charge in [0.15, 0.2) is 0 Å². The number of hydrogen-bond acceptors (Lipinski definition) is 3. The van der Waals surface area contributed by atoms with Crippen molar-refractivity contribution in [2.75, 3.05) is 5.32 Å². The summed E-state index contributed by atoms with van der Waals surface area (Å²) in [5, 5.41) is 7.71. The van der Waals surface area contributed by atoms with Crippen molar-refractivity contribution in [1.82, 2.24) is 9.97 Å². The molecule has 0 aliphatic rings. The van der Waals surface area contributed by atoms with Crippen LogP contribution in [0, 0.1) is 0 Å². The van der Waals surface area contributed by atoms with Gasteiger partial charge in [-0.25, -0.2) is 4.98 Å². The molecule has 0 atom stereocenters. The fourth-order valence-corrected chi connectivity index (χ4v) is 2.41. The normalized spacial score (nSPS) is 10.7. The molecule has 4 nitrogen and oxygen atoms in total. The quantitative estimate of drug-likeness (QED) is 0.758. The molecule has 3 rings (SSSR count). The van der Waals surface area contributed by atoms with Gasteiger partial charge in [0.1, 0.15) is 5.65 Å². The summed E-state index contributed by atoms with van der Waals surface area (Å²) in [5.41, 5.74) is 2.53. The highest BCUT2D eigenvalue weighted by Crippen LogP contribution is 2.15. The minimum atomic E-state index is -0.0278. The smallest absolute Gasteiger partial charge is 0.230 e. The number of pyridine rings is 1. The lowest BCUT2D eigenvalue weighted by Gasteiger charge is -2.00. The third-order valence-corrected chi connectivity index (χ3v) is 3.29. The summed E-state index contributed by atoms with van der Waals surface area (Å²) in [6.45, 7) is 0. The average molecular weight is 257 g/mol. The number of nitrogens with one attached hydrogen (secondary N) is 2. The van der Waals surface area contributed by atoms with Crippen LogP contribution in [-0.2, 0) is 11.2 Å². The monoisotopic (exact) mass is 257 g/mol. The maximum Gasteiger partial charge on any atom is 0.230 e. The summed E-state index contributed by atoms with van der Waals surface area (Å²) in [6.07, 6.45) is 2.06. The van der Waals surface area contributed by atoms with Crippen LogP contribution in [0.4, 0.5) is 5.69 Å². The zero-order chi connectivity index (χ0) is 12.4. The van der Waals surface area contributed by atoms with Crippen LogP contribution in [-0.4, -0.2) is 15.9 Å². The Kier molecular flexibility index (Phi) is 2.82. The molecule has 3 heterocycles. The number of nitrogens with zero attached hydrogens (tertiary/aromatic N) is 1. The van der Waals surface area contributed by atoms with Gasteiger partial charge in [0.05, 0.1) is 12.1 Å². The number of hydrogen-bond donors (Lipinski definition) is 2. The zero-order valence-electron chi connectivity index (χ0n) is 9.51. The van der Waals surface area contributed by atoms with E-state index in [4.69, 9.17) is 0 Å². The molecule has 5 heteroatoms. The first kappa shape index (κ1) is 11.0. The number of rotatable bonds is 3. The Morgan fingerprint density at radius 2 is 2.39 bits per heavy atom. The molecule has 0 aromatic carbocycles. The molecule has 0 aliphatic carbocycles. The van der Waals surface area contributed by atoms with Gasteiger partial charge in [0.2, 0.25) is 5.91 Å². The molecular formula is C13H11N3OS. The molecule has 3 aromatic rings. The van der Waals surface area contributed by atoms with Crippen molar-refractivity contribution in [1.29, 1.82) is 0 Å². The molecule has 0 radical (unpaired) electrons. The average Bonchev–Trinajstić information content (AvgIpc) is 2.96. The lowest BCUT2D eigenvalue weighted by Crippen LogP contribution is -2.13. The Balaban J connectivity index is 1.74. The molecule has 1 amide bonds. The minimum absolute atomic E-state index is 0.0278. The Labute approximate surface area is 108 Å². The maximum atomic E-state index is 11.8. The van der Waals surface area contributed by atoms with Gasteiger partial charge in [0, 0.05) is 22.7 Å². The Bertz CT molecular complexity index is 639. The van der Waals surface area contributed by atoms with Crippen LogP contribution in [0.3, 0.4) is 0 Å². The number of amides is 1. The number of carbonyl (C=O) groups excluding carboxylic acids is 1. The van der Waals surface area contributed by atoms with E-state index < -0.39 is 0 Å². The van der Waals surface area contributed by atoms with Gasteiger partial charge in [-0.05, 0) is 29.6 Å². The van der Waals surface area contributed by atoms with Crippen LogP contribution >= 0.6 is 11.3 Å². The molecule has 18 heavy (non-hydrogen) atoms. The topological polar surface area (TPSA) is 57.8 Å². The van der Waals surface area contributed by atoms with Crippen molar-refractivity contribution < 1.29 is 4.79 Å². The van der Waals surface area contributed by atoms with E-state index in [2.05, 4.69) is 15.3 Å². The molecule has 0 spiro atoms. The summed E-state index contributed by atoms with van der Waals surface area (Å²) in [6, 6.07) is 7.69. The second-order valence-electron chi connectivity index (χ2n) is 3.97. The number of carbonyl (C=O) groups is 1. The lowest BCUT2D eigenvalue weighted by atomic mass is 10.2. The van der Waals surface area contributed by atoms with E-state index in [-0.39, 0.29) is 5.91 Å². The van der Waals surface area contributed by atoms with Gasteiger partial charge in [-0.3, -0.25) is 4.79 Å². The Morgan fingerprint density at radius 3 is 3.17 bits per heavy atom. The summed E-state index contributed by atoms with van der Waals surface area (Å²) in [5.74, 6) is -0.0278. The van der Waals surface area contributed by atoms with Crippen LogP contribution < -0.4 is 5.32 Å². The second kappa shape index (κ2) is 4.62. The first-order valence-corrected chi connectivity index (χ1v) is 6.50. The molecule has 0 aliphatic heterocycles. The minimum Gasteiger partial charge on any atom is -0.343 e. The van der Waals surface area contributed by atoms with E-state index in [0.717, 1.165) is 22.4 Å². The third-order valence-electron chi connectivity index (χ3n) is 2.60. The zero-order valence-corrected chi connectivity index (χ0v) is 10.3. The molecule has 90 valence electrons. The van der Waals surface area contributed by atoms with Crippen LogP contribution in [0.2, 0.25) is 0 Å². The molecular weight excluding hydrogens is 246 g/mol. The largest absolute Gasteiger partial charge is 0.343 e. The highest BCUT2D eigenvalue weighted by atomic mass is 32.1. The van der Waals surface area contributed by atoms with Gasteiger partial charge in [0.25, 0.3) is 0 Å². The van der Waals surface area contributed by atoms with Crippen molar-refractivity contribution in [2.24, 2.45) is 0 Å². The van der Waals surface area contributed by atoms with E-state index >= 15 is 0 Å². The number of anilines is 1. The molecule has 0 saturated carbocycles. The fraction of sp³-hybridized carbons (Fsp3) is 0.0769. The lowest BCUT2D eigenvalue weighted by molar-refractivity contribution is -0.115. The summed E-state index contributed by atoms with van der Waals surface area (Å²) < 4.78 is 0. The molecule has 0 bridgehead atoms. The van der Waals surface area contributed by atoms with Gasteiger partial charge >= 0.3 is 0 Å². The van der Waals surface area contributed by atoms with Crippen LogP contribution in [0.1, 0.15) is 5.69 Å². The van der Waals surface area contributed by atoms with E-state index in [1.807, 2.05) is 35.0 Å². The van der Waals surface area contributed by atoms with Gasteiger partial charge in [-0.15, -0.1) is 0 Å². The van der Waals surface area contributed by atoms with Crippen molar-refractivity contribution in [2.45, 2.75) is 6.42 Å². The Morgan fingerprint density at radius 1 is 1.44 bits per heavy atom. The number of fused-ring (bicyclic) bond motifs is 1. The van der Waals surface area contributed by atoms with Crippen molar-refractivity contribution in [3.63, 3.8) is 0 Å². The van der Waals surface area contributed by atoms with Crippen molar-refractivity contribution in [3.05, 3.63) is 46.9 Å². The van der Waals surface area contributed by atoms with Crippen LogP contribution in [0.25, 0.3) is 11.0 Å². The molecule has 2 N–H and O–H groups in total. The van der Waals surface area contributed by atoms with Crippen molar-refractivity contribution in [3.8, 4) is 0 Å².